The van der Waals surface area contributed by atoms with Gasteiger partial charge in [0.1, 0.15) is 0 Å². The zero-order valence-electron chi connectivity index (χ0n) is 16.0. The third-order valence-corrected chi connectivity index (χ3v) is 5.88. The van der Waals surface area contributed by atoms with Gasteiger partial charge in [0.15, 0.2) is 11.5 Å². The molecular formula is C20H29NO5. The Labute approximate surface area is 155 Å². The number of methoxy groups -OCH3 is 2. The molecule has 1 aliphatic heterocycles. The van der Waals surface area contributed by atoms with Gasteiger partial charge in [-0.2, -0.15) is 0 Å². The highest BCUT2D eigenvalue weighted by Crippen LogP contribution is 2.47. The lowest BCUT2D eigenvalue weighted by Gasteiger charge is -2.33. The van der Waals surface area contributed by atoms with E-state index < -0.39 is 11.5 Å². The molecular weight excluding hydrogens is 334 g/mol. The Balaban J connectivity index is 1.89. The number of amides is 1. The summed E-state index contributed by atoms with van der Waals surface area (Å²) in [6.45, 7) is 5.45. The van der Waals surface area contributed by atoms with Crippen LogP contribution in [0.2, 0.25) is 0 Å². The van der Waals surface area contributed by atoms with E-state index in [4.69, 9.17) is 14.2 Å². The minimum Gasteiger partial charge on any atom is -0.493 e. The summed E-state index contributed by atoms with van der Waals surface area (Å²) in [5.41, 5.74) is 0.572. The average Bonchev–Trinajstić information content (AvgIpc) is 3.40. The predicted octanol–water partition coefficient (Wildman–Crippen LogP) is 3.04. The Morgan fingerprint density at radius 1 is 1.35 bits per heavy atom. The smallest absolute Gasteiger partial charge is 0.409 e. The summed E-state index contributed by atoms with van der Waals surface area (Å²) in [4.78, 5) is 13.7. The summed E-state index contributed by atoms with van der Waals surface area (Å²) < 4.78 is 16.3. The lowest BCUT2D eigenvalue weighted by atomic mass is 9.72. The molecule has 0 unspecified atom stereocenters. The van der Waals surface area contributed by atoms with Crippen LogP contribution in [-0.2, 0) is 4.74 Å². The molecule has 6 heteroatoms. The normalized spacial score (nSPS) is 26.5. The van der Waals surface area contributed by atoms with E-state index in [0.717, 1.165) is 11.3 Å². The molecule has 3 rings (SSSR count). The van der Waals surface area contributed by atoms with Gasteiger partial charge in [-0.05, 0) is 43.4 Å². The van der Waals surface area contributed by atoms with Crippen molar-refractivity contribution in [3.63, 3.8) is 0 Å². The summed E-state index contributed by atoms with van der Waals surface area (Å²) in [5.74, 6) is 2.06. The number of carbonyl (C=O) groups excluding carboxylic acids is 1. The standard InChI is InChI=1S/C20H29NO5/c1-13(22)20(2)12-21(19(23)25-4)10-16(20)15-7-8-17(24-3)18(9-15)26-11-14-5-6-14/h7-9,13-14,16,22H,5-6,10-12H2,1-4H3/t13-,16+,20+/m1/s1. The van der Waals surface area contributed by atoms with Crippen molar-refractivity contribution in [3.8, 4) is 11.5 Å². The lowest BCUT2D eigenvalue weighted by Crippen LogP contribution is -2.38. The van der Waals surface area contributed by atoms with Crippen LogP contribution in [0.4, 0.5) is 4.79 Å². The first-order valence-electron chi connectivity index (χ1n) is 9.20. The number of aliphatic hydroxyl groups excluding tert-OH is 1. The topological polar surface area (TPSA) is 68.2 Å². The third-order valence-electron chi connectivity index (χ3n) is 5.88. The molecule has 0 spiro atoms. The Kier molecular flexibility index (Phi) is 5.32. The fourth-order valence-electron chi connectivity index (χ4n) is 3.71. The Bertz CT molecular complexity index is 658. The first-order valence-corrected chi connectivity index (χ1v) is 9.20. The second kappa shape index (κ2) is 7.35. The van der Waals surface area contributed by atoms with E-state index in [2.05, 4.69) is 0 Å². The first kappa shape index (κ1) is 18.8. The summed E-state index contributed by atoms with van der Waals surface area (Å²) in [5, 5.41) is 10.4. The van der Waals surface area contributed by atoms with Gasteiger partial charge in [0.25, 0.3) is 0 Å². The van der Waals surface area contributed by atoms with Crippen molar-refractivity contribution in [3.05, 3.63) is 23.8 Å². The van der Waals surface area contributed by atoms with E-state index in [0.29, 0.717) is 31.4 Å². The van der Waals surface area contributed by atoms with Crippen molar-refractivity contribution in [2.75, 3.05) is 33.9 Å². The van der Waals surface area contributed by atoms with Gasteiger partial charge >= 0.3 is 6.09 Å². The number of nitrogens with zero attached hydrogens (tertiary/aromatic N) is 1. The minimum absolute atomic E-state index is 0.0178. The fraction of sp³-hybridized carbons (Fsp3) is 0.650. The number of ether oxygens (including phenoxy) is 3. The van der Waals surface area contributed by atoms with Crippen molar-refractivity contribution in [2.45, 2.75) is 38.7 Å². The number of carbonyl (C=O) groups is 1. The maximum Gasteiger partial charge on any atom is 0.409 e. The van der Waals surface area contributed by atoms with Gasteiger partial charge in [0.2, 0.25) is 0 Å². The van der Waals surface area contributed by atoms with Crippen LogP contribution in [0.15, 0.2) is 18.2 Å². The van der Waals surface area contributed by atoms with Crippen molar-refractivity contribution in [2.24, 2.45) is 11.3 Å². The molecule has 0 bridgehead atoms. The fourth-order valence-corrected chi connectivity index (χ4v) is 3.71. The molecule has 1 amide bonds. The largest absolute Gasteiger partial charge is 0.493 e. The number of hydrogen-bond acceptors (Lipinski definition) is 5. The molecule has 1 saturated heterocycles. The van der Waals surface area contributed by atoms with Crippen LogP contribution >= 0.6 is 0 Å². The monoisotopic (exact) mass is 363 g/mol. The average molecular weight is 363 g/mol. The van der Waals surface area contributed by atoms with E-state index in [1.165, 1.54) is 20.0 Å². The van der Waals surface area contributed by atoms with E-state index in [-0.39, 0.29) is 12.0 Å². The van der Waals surface area contributed by atoms with Crippen LogP contribution < -0.4 is 9.47 Å². The highest BCUT2D eigenvalue weighted by molar-refractivity contribution is 5.68. The number of hydrogen-bond donors (Lipinski definition) is 1. The van der Waals surface area contributed by atoms with Gasteiger partial charge in [0, 0.05) is 24.4 Å². The van der Waals surface area contributed by atoms with Crippen LogP contribution in [0.25, 0.3) is 0 Å². The van der Waals surface area contributed by atoms with Crippen LogP contribution in [0.5, 0.6) is 11.5 Å². The molecule has 2 fully saturated rings. The van der Waals surface area contributed by atoms with Gasteiger partial charge in [-0.3, -0.25) is 0 Å². The summed E-state index contributed by atoms with van der Waals surface area (Å²) in [6.07, 6.45) is 1.51. The first-order chi connectivity index (χ1) is 12.4. The Morgan fingerprint density at radius 3 is 2.65 bits per heavy atom. The van der Waals surface area contributed by atoms with Crippen LogP contribution in [0.3, 0.4) is 0 Å². The molecule has 26 heavy (non-hydrogen) atoms. The second-order valence-corrected chi connectivity index (χ2v) is 7.75. The van der Waals surface area contributed by atoms with E-state index in [1.807, 2.05) is 25.1 Å². The van der Waals surface area contributed by atoms with Crippen LogP contribution in [-0.4, -0.2) is 56.1 Å². The zero-order valence-corrected chi connectivity index (χ0v) is 16.0. The SMILES string of the molecule is COC(=O)N1C[C@@H](c2ccc(OC)c(OCC3CC3)c2)[C@](C)([C@@H](C)O)C1. The predicted molar refractivity (Wildman–Crippen MR) is 97.7 cm³/mol. The van der Waals surface area contributed by atoms with Crippen LogP contribution in [0, 0.1) is 11.3 Å². The highest BCUT2D eigenvalue weighted by atomic mass is 16.5. The van der Waals surface area contributed by atoms with Gasteiger partial charge in [0.05, 0.1) is 26.9 Å². The van der Waals surface area contributed by atoms with Crippen molar-refractivity contribution in [1.82, 2.24) is 4.90 Å². The molecule has 3 atom stereocenters. The molecule has 0 radical (unpaired) electrons. The molecule has 0 aromatic heterocycles. The number of benzene rings is 1. The summed E-state index contributed by atoms with van der Waals surface area (Å²) in [7, 11) is 3.01. The Morgan fingerprint density at radius 2 is 2.08 bits per heavy atom. The molecule has 1 aromatic rings. The van der Waals surface area contributed by atoms with Gasteiger partial charge < -0.3 is 24.2 Å². The second-order valence-electron chi connectivity index (χ2n) is 7.75. The summed E-state index contributed by atoms with van der Waals surface area (Å²) in [6, 6.07) is 5.89. The van der Waals surface area contributed by atoms with Crippen molar-refractivity contribution >= 4 is 6.09 Å². The van der Waals surface area contributed by atoms with E-state index in [1.54, 1.807) is 18.9 Å². The highest BCUT2D eigenvalue weighted by Gasteiger charge is 2.48. The molecule has 1 aromatic carbocycles. The minimum atomic E-state index is -0.569. The molecule has 1 heterocycles. The molecule has 144 valence electrons. The maximum absolute atomic E-state index is 12.0. The lowest BCUT2D eigenvalue weighted by molar-refractivity contribution is 0.0470. The maximum atomic E-state index is 12.0. The summed E-state index contributed by atoms with van der Waals surface area (Å²) >= 11 is 0. The van der Waals surface area contributed by atoms with Crippen LogP contribution in [0.1, 0.15) is 38.2 Å². The van der Waals surface area contributed by atoms with E-state index >= 15 is 0 Å². The number of likely N-dealkylation sites (tertiary alicyclic amines) is 1. The molecule has 1 saturated carbocycles. The van der Waals surface area contributed by atoms with Gasteiger partial charge in [-0.25, -0.2) is 4.79 Å². The molecule has 2 aliphatic rings. The van der Waals surface area contributed by atoms with Gasteiger partial charge in [-0.15, -0.1) is 0 Å². The van der Waals surface area contributed by atoms with E-state index in [9.17, 15) is 9.90 Å². The molecule has 1 aliphatic carbocycles. The number of rotatable bonds is 6. The van der Waals surface area contributed by atoms with Gasteiger partial charge in [-0.1, -0.05) is 13.0 Å². The molecule has 6 nitrogen and oxygen atoms in total. The van der Waals surface area contributed by atoms with Crippen molar-refractivity contribution < 1.29 is 24.1 Å². The number of aliphatic hydroxyl groups is 1. The zero-order chi connectivity index (χ0) is 18.9. The third kappa shape index (κ3) is 3.61. The quantitative estimate of drug-likeness (QED) is 0.841. The molecule has 1 N–H and O–H groups in total. The van der Waals surface area contributed by atoms with Crippen molar-refractivity contribution in [1.29, 1.82) is 0 Å². The Hall–Kier alpha value is -1.95.